The molecule has 0 aliphatic heterocycles. The van der Waals surface area contributed by atoms with Crippen LogP contribution in [0, 0.1) is 6.92 Å². The fraction of sp³-hybridized carbons (Fsp3) is 0.545. The summed E-state index contributed by atoms with van der Waals surface area (Å²) in [7, 11) is 0. The fourth-order valence-electron chi connectivity index (χ4n) is 1.38. The molecule has 1 unspecified atom stereocenters. The largest absolute Gasteiger partial charge is 0.502 e. The topological polar surface area (TPSA) is 70.7 Å². The molecule has 0 radical (unpaired) electrons. The fourth-order valence-corrected chi connectivity index (χ4v) is 1.38. The van der Waals surface area contributed by atoms with Crippen LogP contribution in [0.5, 0.6) is 5.75 Å². The van der Waals surface area contributed by atoms with Crippen LogP contribution in [-0.4, -0.2) is 10.2 Å². The summed E-state index contributed by atoms with van der Waals surface area (Å²) in [6, 6.07) is 1.20. The summed E-state index contributed by atoms with van der Waals surface area (Å²) in [4.78, 5) is 11.2. The maximum Gasteiger partial charge on any atom is 0.227 e. The molecule has 0 aliphatic carbocycles. The zero-order valence-corrected chi connectivity index (χ0v) is 8.99. The molecule has 15 heavy (non-hydrogen) atoms. The third-order valence-corrected chi connectivity index (χ3v) is 2.21. The molecule has 0 spiro atoms. The standard InChI is InChI=1S/C11H16O4/c1-3-4-5-8(12)11-10(14)9(13)6-7(2)15-11/h6,8,12,14H,3-5H2,1-2H3. The summed E-state index contributed by atoms with van der Waals surface area (Å²) in [5.74, 6) is -0.110. The molecule has 0 amide bonds. The highest BCUT2D eigenvalue weighted by molar-refractivity contribution is 5.26. The Morgan fingerprint density at radius 1 is 1.53 bits per heavy atom. The van der Waals surface area contributed by atoms with E-state index in [0.717, 1.165) is 12.8 Å². The van der Waals surface area contributed by atoms with Gasteiger partial charge in [-0.1, -0.05) is 19.8 Å². The van der Waals surface area contributed by atoms with E-state index >= 15 is 0 Å². The van der Waals surface area contributed by atoms with Crippen LogP contribution in [0.2, 0.25) is 0 Å². The normalized spacial score (nSPS) is 12.7. The Kier molecular flexibility index (Phi) is 3.91. The van der Waals surface area contributed by atoms with E-state index in [9.17, 15) is 15.0 Å². The van der Waals surface area contributed by atoms with Crippen molar-refractivity contribution in [1.29, 1.82) is 0 Å². The molecule has 0 bridgehead atoms. The zero-order chi connectivity index (χ0) is 11.4. The Morgan fingerprint density at radius 2 is 2.20 bits per heavy atom. The summed E-state index contributed by atoms with van der Waals surface area (Å²) < 4.78 is 5.15. The van der Waals surface area contributed by atoms with Gasteiger partial charge in [0.15, 0.2) is 5.76 Å². The van der Waals surface area contributed by atoms with Crippen LogP contribution in [-0.2, 0) is 0 Å². The first-order valence-electron chi connectivity index (χ1n) is 5.08. The molecule has 0 saturated heterocycles. The quantitative estimate of drug-likeness (QED) is 0.799. The molecule has 1 atom stereocenters. The molecule has 1 aromatic rings. The van der Waals surface area contributed by atoms with Gasteiger partial charge in [-0.3, -0.25) is 4.79 Å². The molecule has 84 valence electrons. The number of aliphatic hydroxyl groups is 1. The highest BCUT2D eigenvalue weighted by Gasteiger charge is 2.17. The molecule has 1 aromatic heterocycles. The average Bonchev–Trinajstić information content (AvgIpc) is 2.19. The van der Waals surface area contributed by atoms with E-state index in [2.05, 4.69) is 0 Å². The second kappa shape index (κ2) is 4.98. The number of hydrogen-bond acceptors (Lipinski definition) is 4. The van der Waals surface area contributed by atoms with Crippen LogP contribution in [0.3, 0.4) is 0 Å². The minimum atomic E-state index is -0.905. The van der Waals surface area contributed by atoms with Gasteiger partial charge in [0.1, 0.15) is 11.9 Å². The second-order valence-electron chi connectivity index (χ2n) is 3.59. The molecule has 0 aromatic carbocycles. The molecule has 2 N–H and O–H groups in total. The van der Waals surface area contributed by atoms with Crippen molar-refractivity contribution < 1.29 is 14.6 Å². The Hall–Kier alpha value is -1.29. The molecule has 1 heterocycles. The van der Waals surface area contributed by atoms with Gasteiger partial charge in [0.25, 0.3) is 0 Å². The molecule has 4 nitrogen and oxygen atoms in total. The Bertz CT molecular complexity index is 381. The van der Waals surface area contributed by atoms with E-state index in [-0.39, 0.29) is 5.76 Å². The van der Waals surface area contributed by atoms with Crippen LogP contribution >= 0.6 is 0 Å². The maximum atomic E-state index is 11.2. The summed E-state index contributed by atoms with van der Waals surface area (Å²) in [6.07, 6.45) is 1.33. The number of aliphatic hydroxyl groups excluding tert-OH is 1. The van der Waals surface area contributed by atoms with Gasteiger partial charge >= 0.3 is 0 Å². The van der Waals surface area contributed by atoms with E-state index < -0.39 is 17.3 Å². The van der Waals surface area contributed by atoms with Crippen LogP contribution in [0.25, 0.3) is 0 Å². The van der Waals surface area contributed by atoms with E-state index in [1.165, 1.54) is 6.07 Å². The van der Waals surface area contributed by atoms with Crippen molar-refractivity contribution in [2.24, 2.45) is 0 Å². The zero-order valence-electron chi connectivity index (χ0n) is 8.99. The van der Waals surface area contributed by atoms with E-state index in [1.807, 2.05) is 6.92 Å². The predicted octanol–water partition coefficient (Wildman–Crippen LogP) is 1.88. The summed E-state index contributed by atoms with van der Waals surface area (Å²) in [5.41, 5.74) is -0.510. The van der Waals surface area contributed by atoms with Crippen LogP contribution in [0.15, 0.2) is 15.3 Å². The van der Waals surface area contributed by atoms with Gasteiger partial charge in [-0.05, 0) is 13.3 Å². The van der Waals surface area contributed by atoms with Crippen molar-refractivity contribution in [2.75, 3.05) is 0 Å². The van der Waals surface area contributed by atoms with Crippen LogP contribution < -0.4 is 5.43 Å². The van der Waals surface area contributed by atoms with Crippen molar-refractivity contribution in [1.82, 2.24) is 0 Å². The van der Waals surface area contributed by atoms with E-state index in [1.54, 1.807) is 6.92 Å². The van der Waals surface area contributed by atoms with Crippen molar-refractivity contribution in [3.05, 3.63) is 27.8 Å². The Morgan fingerprint density at radius 3 is 2.80 bits per heavy atom. The van der Waals surface area contributed by atoms with E-state index in [0.29, 0.717) is 12.2 Å². The molecule has 4 heteroatoms. The number of aromatic hydroxyl groups is 1. The third kappa shape index (κ3) is 2.83. The van der Waals surface area contributed by atoms with E-state index in [4.69, 9.17) is 4.42 Å². The van der Waals surface area contributed by atoms with Gasteiger partial charge in [0, 0.05) is 6.07 Å². The smallest absolute Gasteiger partial charge is 0.227 e. The first kappa shape index (κ1) is 11.8. The number of hydrogen-bond donors (Lipinski definition) is 2. The van der Waals surface area contributed by atoms with Gasteiger partial charge in [0.2, 0.25) is 11.2 Å². The van der Waals surface area contributed by atoms with Gasteiger partial charge in [0.05, 0.1) is 0 Å². The van der Waals surface area contributed by atoms with Crippen molar-refractivity contribution in [2.45, 2.75) is 39.2 Å². The lowest BCUT2D eigenvalue weighted by molar-refractivity contribution is 0.128. The molecule has 0 fully saturated rings. The van der Waals surface area contributed by atoms with Gasteiger partial charge in [-0.25, -0.2) is 0 Å². The van der Waals surface area contributed by atoms with Gasteiger partial charge in [-0.2, -0.15) is 0 Å². The number of unbranched alkanes of at least 4 members (excludes halogenated alkanes) is 1. The highest BCUT2D eigenvalue weighted by atomic mass is 16.4. The summed E-state index contributed by atoms with van der Waals surface area (Å²) >= 11 is 0. The number of aryl methyl sites for hydroxylation is 1. The first-order chi connectivity index (χ1) is 7.06. The lowest BCUT2D eigenvalue weighted by Crippen LogP contribution is -2.07. The van der Waals surface area contributed by atoms with Crippen molar-refractivity contribution in [3.63, 3.8) is 0 Å². The van der Waals surface area contributed by atoms with Gasteiger partial charge < -0.3 is 14.6 Å². The first-order valence-corrected chi connectivity index (χ1v) is 5.08. The average molecular weight is 212 g/mol. The third-order valence-electron chi connectivity index (χ3n) is 2.21. The lowest BCUT2D eigenvalue weighted by atomic mass is 10.1. The molecular formula is C11H16O4. The Balaban J connectivity index is 2.97. The maximum absolute atomic E-state index is 11.2. The highest BCUT2D eigenvalue weighted by Crippen LogP contribution is 2.25. The van der Waals surface area contributed by atoms with Crippen molar-refractivity contribution in [3.8, 4) is 5.75 Å². The molecule has 0 aliphatic rings. The summed E-state index contributed by atoms with van der Waals surface area (Å²) in [6.45, 7) is 3.61. The van der Waals surface area contributed by atoms with Gasteiger partial charge in [-0.15, -0.1) is 0 Å². The summed E-state index contributed by atoms with van der Waals surface area (Å²) in [5, 5.41) is 19.1. The SMILES string of the molecule is CCCCC(O)c1oc(C)cc(=O)c1O. The monoisotopic (exact) mass is 212 g/mol. The number of rotatable bonds is 4. The minimum Gasteiger partial charge on any atom is -0.502 e. The molecular weight excluding hydrogens is 196 g/mol. The van der Waals surface area contributed by atoms with Crippen molar-refractivity contribution >= 4 is 0 Å². The second-order valence-corrected chi connectivity index (χ2v) is 3.59. The van der Waals surface area contributed by atoms with Crippen LogP contribution in [0.4, 0.5) is 0 Å². The Labute approximate surface area is 88.2 Å². The molecule has 1 rings (SSSR count). The lowest BCUT2D eigenvalue weighted by Gasteiger charge is -2.10. The minimum absolute atomic E-state index is 0.0200. The molecule has 0 saturated carbocycles. The predicted molar refractivity (Wildman–Crippen MR) is 55.9 cm³/mol. The van der Waals surface area contributed by atoms with Crippen LogP contribution in [0.1, 0.15) is 43.8 Å².